The van der Waals surface area contributed by atoms with Crippen molar-refractivity contribution in [3.05, 3.63) is 59.7 Å². The van der Waals surface area contributed by atoms with Crippen LogP contribution < -0.4 is 15.4 Å². The summed E-state index contributed by atoms with van der Waals surface area (Å²) in [7, 11) is 1.36. The van der Waals surface area contributed by atoms with Crippen LogP contribution in [0.1, 0.15) is 29.8 Å². The first-order valence-corrected chi connectivity index (χ1v) is 8.87. The highest BCUT2D eigenvalue weighted by atomic mass is 16.5. The number of carbonyl (C=O) groups excluding carboxylic acids is 2. The number of aromatic carboxylic acids is 1. The summed E-state index contributed by atoms with van der Waals surface area (Å²) in [6.45, 7) is 3.67. The van der Waals surface area contributed by atoms with Gasteiger partial charge in [0.2, 0.25) is 11.8 Å². The highest BCUT2D eigenvalue weighted by Crippen LogP contribution is 2.23. The first-order valence-electron chi connectivity index (χ1n) is 8.87. The van der Waals surface area contributed by atoms with Gasteiger partial charge in [-0.25, -0.2) is 4.79 Å². The zero-order valence-corrected chi connectivity index (χ0v) is 16.1. The Morgan fingerprint density at radius 1 is 1.07 bits per heavy atom. The number of carboxylic acids is 1. The number of carboxylic acid groups (broad SMARTS) is 1. The van der Waals surface area contributed by atoms with Crippen LogP contribution in [0, 0.1) is 5.92 Å². The summed E-state index contributed by atoms with van der Waals surface area (Å²) in [5, 5.41) is 14.6. The fourth-order valence-electron chi connectivity index (χ4n) is 2.71. The van der Waals surface area contributed by atoms with Gasteiger partial charge in [0.1, 0.15) is 17.4 Å². The molecule has 0 heterocycles. The van der Waals surface area contributed by atoms with E-state index < -0.39 is 12.0 Å². The molecule has 0 saturated carbocycles. The number of carbonyl (C=O) groups is 3. The third-order valence-corrected chi connectivity index (χ3v) is 4.17. The van der Waals surface area contributed by atoms with E-state index in [1.54, 1.807) is 0 Å². The molecular weight excluding hydrogens is 360 g/mol. The van der Waals surface area contributed by atoms with Crippen LogP contribution in [-0.2, 0) is 16.0 Å². The summed E-state index contributed by atoms with van der Waals surface area (Å²) in [5.74, 6) is -1.76. The lowest BCUT2D eigenvalue weighted by molar-refractivity contribution is -0.127. The lowest BCUT2D eigenvalue weighted by Crippen LogP contribution is -2.47. The molecule has 0 aliphatic heterocycles. The molecular formula is C21H24N2O5. The summed E-state index contributed by atoms with van der Waals surface area (Å²) in [5.41, 5.74) is 1.24. The summed E-state index contributed by atoms with van der Waals surface area (Å²) < 4.78 is 5.07. The van der Waals surface area contributed by atoms with Crippen LogP contribution in [-0.4, -0.2) is 36.0 Å². The number of nitrogens with one attached hydrogen (secondary N) is 2. The van der Waals surface area contributed by atoms with Crippen molar-refractivity contribution in [2.75, 3.05) is 12.4 Å². The second-order valence-electron chi connectivity index (χ2n) is 6.66. The molecule has 0 aliphatic carbocycles. The molecule has 1 atom stereocenters. The van der Waals surface area contributed by atoms with Crippen LogP contribution in [0.4, 0.5) is 5.69 Å². The van der Waals surface area contributed by atoms with Crippen molar-refractivity contribution < 1.29 is 24.2 Å². The number of hydrogen-bond donors (Lipinski definition) is 3. The van der Waals surface area contributed by atoms with Crippen LogP contribution in [0.15, 0.2) is 48.5 Å². The van der Waals surface area contributed by atoms with Crippen molar-refractivity contribution in [1.82, 2.24) is 5.32 Å². The number of methoxy groups -OCH3 is 1. The highest BCUT2D eigenvalue weighted by molar-refractivity contribution is 5.98. The van der Waals surface area contributed by atoms with Crippen molar-refractivity contribution in [2.24, 2.45) is 5.92 Å². The first-order chi connectivity index (χ1) is 13.3. The number of rotatable bonds is 8. The number of hydrogen-bond acceptors (Lipinski definition) is 4. The van der Waals surface area contributed by atoms with Gasteiger partial charge in [0.25, 0.3) is 0 Å². The van der Waals surface area contributed by atoms with E-state index in [2.05, 4.69) is 10.6 Å². The Bertz CT molecular complexity index is 849. The molecule has 3 N–H and O–H groups in total. The SMILES string of the molecule is COc1cc(NC(=O)C(NC(=O)Cc2ccccc2)C(C)C)ccc1C(=O)O. The summed E-state index contributed by atoms with van der Waals surface area (Å²) in [6, 6.07) is 12.8. The Hall–Kier alpha value is -3.35. The van der Waals surface area contributed by atoms with Crippen molar-refractivity contribution in [2.45, 2.75) is 26.3 Å². The Morgan fingerprint density at radius 3 is 2.32 bits per heavy atom. The van der Waals surface area contributed by atoms with E-state index in [1.165, 1.54) is 25.3 Å². The van der Waals surface area contributed by atoms with Gasteiger partial charge in [0.05, 0.1) is 13.5 Å². The molecule has 2 aromatic carbocycles. The molecule has 28 heavy (non-hydrogen) atoms. The molecule has 7 nitrogen and oxygen atoms in total. The molecule has 0 saturated heterocycles. The minimum atomic E-state index is -1.12. The van der Waals surface area contributed by atoms with Crippen molar-refractivity contribution in [3.63, 3.8) is 0 Å². The van der Waals surface area contributed by atoms with E-state index in [0.717, 1.165) is 5.56 Å². The Balaban J connectivity index is 2.08. The predicted octanol–water partition coefficient (Wildman–Crippen LogP) is 2.72. The second kappa shape index (κ2) is 9.55. The van der Waals surface area contributed by atoms with Crippen LogP contribution in [0.5, 0.6) is 5.75 Å². The maximum Gasteiger partial charge on any atom is 0.339 e. The Labute approximate surface area is 163 Å². The largest absolute Gasteiger partial charge is 0.496 e. The fraction of sp³-hybridized carbons (Fsp3) is 0.286. The van der Waals surface area contributed by atoms with Gasteiger partial charge in [-0.3, -0.25) is 9.59 Å². The van der Waals surface area contributed by atoms with Crippen LogP contribution >= 0.6 is 0 Å². The van der Waals surface area contributed by atoms with Crippen molar-refractivity contribution in [3.8, 4) is 5.75 Å². The molecule has 2 aromatic rings. The van der Waals surface area contributed by atoms with E-state index in [4.69, 9.17) is 9.84 Å². The molecule has 148 valence electrons. The van der Waals surface area contributed by atoms with Gasteiger partial charge in [-0.2, -0.15) is 0 Å². The molecule has 1 unspecified atom stereocenters. The van der Waals surface area contributed by atoms with E-state index in [9.17, 15) is 14.4 Å². The van der Waals surface area contributed by atoms with Gasteiger partial charge >= 0.3 is 5.97 Å². The standard InChI is InChI=1S/C21H24N2O5/c1-13(2)19(23-18(24)11-14-7-5-4-6-8-14)20(25)22-15-9-10-16(21(26)27)17(12-15)28-3/h4-10,12-13,19H,11H2,1-3H3,(H,22,25)(H,23,24)(H,26,27). The van der Waals surface area contributed by atoms with Gasteiger partial charge in [0.15, 0.2) is 0 Å². The molecule has 0 bridgehead atoms. The fourth-order valence-corrected chi connectivity index (χ4v) is 2.71. The minimum Gasteiger partial charge on any atom is -0.496 e. The average Bonchev–Trinajstić information content (AvgIpc) is 2.66. The lowest BCUT2D eigenvalue weighted by Gasteiger charge is -2.22. The number of benzene rings is 2. The van der Waals surface area contributed by atoms with Crippen LogP contribution in [0.3, 0.4) is 0 Å². The van der Waals surface area contributed by atoms with Gasteiger partial charge in [-0.05, 0) is 23.6 Å². The molecule has 0 aromatic heterocycles. The van der Waals surface area contributed by atoms with E-state index in [-0.39, 0.29) is 35.5 Å². The van der Waals surface area contributed by atoms with E-state index in [1.807, 2.05) is 44.2 Å². The molecule has 7 heteroatoms. The van der Waals surface area contributed by atoms with E-state index >= 15 is 0 Å². The molecule has 0 spiro atoms. The van der Waals surface area contributed by atoms with Crippen LogP contribution in [0.2, 0.25) is 0 Å². The van der Waals surface area contributed by atoms with Crippen molar-refractivity contribution in [1.29, 1.82) is 0 Å². The summed E-state index contributed by atoms with van der Waals surface area (Å²) >= 11 is 0. The molecule has 2 amide bonds. The third-order valence-electron chi connectivity index (χ3n) is 4.17. The quantitative estimate of drug-likeness (QED) is 0.649. The monoisotopic (exact) mass is 384 g/mol. The predicted molar refractivity (Wildman–Crippen MR) is 105 cm³/mol. The number of ether oxygens (including phenoxy) is 1. The first kappa shape index (κ1) is 21.0. The Morgan fingerprint density at radius 2 is 1.75 bits per heavy atom. The molecule has 0 aliphatic rings. The number of amides is 2. The van der Waals surface area contributed by atoms with Crippen LogP contribution in [0.25, 0.3) is 0 Å². The van der Waals surface area contributed by atoms with Crippen molar-refractivity contribution >= 4 is 23.5 Å². The normalized spacial score (nSPS) is 11.6. The Kier molecular flexibility index (Phi) is 7.14. The van der Waals surface area contributed by atoms with Gasteiger partial charge in [0, 0.05) is 11.8 Å². The smallest absolute Gasteiger partial charge is 0.339 e. The number of anilines is 1. The second-order valence-corrected chi connectivity index (χ2v) is 6.66. The summed E-state index contributed by atoms with van der Waals surface area (Å²) in [6.07, 6.45) is 0.179. The molecule has 0 fully saturated rings. The maximum absolute atomic E-state index is 12.7. The van der Waals surface area contributed by atoms with Gasteiger partial charge < -0.3 is 20.5 Å². The zero-order chi connectivity index (χ0) is 20.7. The lowest BCUT2D eigenvalue weighted by atomic mass is 10.0. The average molecular weight is 384 g/mol. The molecule has 2 rings (SSSR count). The van der Waals surface area contributed by atoms with E-state index in [0.29, 0.717) is 5.69 Å². The maximum atomic E-state index is 12.7. The topological polar surface area (TPSA) is 105 Å². The third kappa shape index (κ3) is 5.57. The van der Waals surface area contributed by atoms with Gasteiger partial charge in [-0.1, -0.05) is 44.2 Å². The zero-order valence-electron chi connectivity index (χ0n) is 16.1. The van der Waals surface area contributed by atoms with Gasteiger partial charge in [-0.15, -0.1) is 0 Å². The molecule has 0 radical (unpaired) electrons. The highest BCUT2D eigenvalue weighted by Gasteiger charge is 2.24. The minimum absolute atomic E-state index is 0.00271. The summed E-state index contributed by atoms with van der Waals surface area (Å²) in [4.78, 5) is 36.2.